The second-order valence-electron chi connectivity index (χ2n) is 5.62. The highest BCUT2D eigenvalue weighted by Crippen LogP contribution is 2.42. The molecule has 1 atom stereocenters. The third kappa shape index (κ3) is 3.03. The van der Waals surface area contributed by atoms with Gasteiger partial charge in [0.1, 0.15) is 5.75 Å². The van der Waals surface area contributed by atoms with Crippen molar-refractivity contribution in [3.05, 3.63) is 24.3 Å². The quantitative estimate of drug-likeness (QED) is 0.911. The number of anilines is 1. The van der Waals surface area contributed by atoms with Crippen LogP contribution < -0.4 is 10.1 Å². The molecule has 1 spiro atoms. The smallest absolute Gasteiger partial charge is 0.387 e. The lowest BCUT2D eigenvalue weighted by atomic mass is 9.74. The zero-order valence-electron chi connectivity index (χ0n) is 11.3. The van der Waals surface area contributed by atoms with E-state index >= 15 is 0 Å². The molecule has 2 fully saturated rings. The van der Waals surface area contributed by atoms with Crippen molar-refractivity contribution in [1.82, 2.24) is 0 Å². The maximum Gasteiger partial charge on any atom is 0.387 e. The van der Waals surface area contributed by atoms with Crippen molar-refractivity contribution in [2.75, 3.05) is 11.9 Å². The first-order valence-electron chi connectivity index (χ1n) is 7.11. The Balaban J connectivity index is 1.57. The molecule has 1 aromatic rings. The minimum Gasteiger partial charge on any atom is -0.435 e. The highest BCUT2D eigenvalue weighted by molar-refractivity contribution is 5.47. The molecule has 0 aromatic heterocycles. The van der Waals surface area contributed by atoms with Crippen LogP contribution in [0.1, 0.15) is 32.1 Å². The van der Waals surface area contributed by atoms with E-state index in [-0.39, 0.29) is 11.4 Å². The summed E-state index contributed by atoms with van der Waals surface area (Å²) in [5.74, 6) is 0.188. The molecule has 5 heteroatoms. The predicted octanol–water partition coefficient (Wildman–Crippen LogP) is 3.80. The van der Waals surface area contributed by atoms with Crippen LogP contribution in [0.2, 0.25) is 0 Å². The largest absolute Gasteiger partial charge is 0.435 e. The Morgan fingerprint density at radius 3 is 2.60 bits per heavy atom. The summed E-state index contributed by atoms with van der Waals surface area (Å²) in [6.45, 7) is -1.98. The van der Waals surface area contributed by atoms with Crippen molar-refractivity contribution in [1.29, 1.82) is 0 Å². The van der Waals surface area contributed by atoms with Gasteiger partial charge >= 0.3 is 6.61 Å². The maximum atomic E-state index is 12.1. The Kier molecular flexibility index (Phi) is 3.78. The number of hydrogen-bond acceptors (Lipinski definition) is 3. The number of nitrogens with one attached hydrogen (secondary N) is 1. The standard InChI is InChI=1S/C15H19F2NO2/c16-14(17)20-13-4-2-11(3-5-13)18-12-6-9-19-15(10-12)7-1-8-15/h2-5,12,14,18H,1,6-10H2. The topological polar surface area (TPSA) is 30.5 Å². The summed E-state index contributed by atoms with van der Waals surface area (Å²) in [4.78, 5) is 0. The van der Waals surface area contributed by atoms with Gasteiger partial charge in [-0.05, 0) is 56.4 Å². The first kappa shape index (κ1) is 13.6. The van der Waals surface area contributed by atoms with E-state index in [9.17, 15) is 8.78 Å². The van der Waals surface area contributed by atoms with Crippen molar-refractivity contribution in [3.63, 3.8) is 0 Å². The number of hydrogen-bond donors (Lipinski definition) is 1. The molecule has 1 aromatic carbocycles. The molecule has 0 radical (unpaired) electrons. The lowest BCUT2D eigenvalue weighted by Crippen LogP contribution is -2.48. The van der Waals surface area contributed by atoms with Crippen molar-refractivity contribution in [2.24, 2.45) is 0 Å². The number of halogens is 2. The lowest BCUT2D eigenvalue weighted by Gasteiger charge is -2.47. The van der Waals surface area contributed by atoms with Crippen LogP contribution in [0.3, 0.4) is 0 Å². The summed E-state index contributed by atoms with van der Waals surface area (Å²) in [5.41, 5.74) is 1.04. The van der Waals surface area contributed by atoms with E-state index in [0.29, 0.717) is 6.04 Å². The van der Waals surface area contributed by atoms with Crippen LogP contribution >= 0.6 is 0 Å². The van der Waals surface area contributed by atoms with Gasteiger partial charge in [0.2, 0.25) is 0 Å². The van der Waals surface area contributed by atoms with Crippen LogP contribution in [0, 0.1) is 0 Å². The monoisotopic (exact) mass is 283 g/mol. The van der Waals surface area contributed by atoms with E-state index < -0.39 is 6.61 Å². The molecular weight excluding hydrogens is 264 g/mol. The molecule has 1 saturated heterocycles. The van der Waals surface area contributed by atoms with Crippen molar-refractivity contribution >= 4 is 5.69 Å². The van der Waals surface area contributed by atoms with E-state index in [2.05, 4.69) is 10.1 Å². The summed E-state index contributed by atoms with van der Waals surface area (Å²) in [6, 6.07) is 7.08. The van der Waals surface area contributed by atoms with Gasteiger partial charge in [0.05, 0.1) is 5.60 Å². The number of rotatable bonds is 4. The molecule has 3 rings (SSSR count). The molecule has 1 unspecified atom stereocenters. The van der Waals surface area contributed by atoms with Gasteiger partial charge in [0, 0.05) is 18.3 Å². The molecule has 1 N–H and O–H groups in total. The van der Waals surface area contributed by atoms with Gasteiger partial charge in [0.15, 0.2) is 0 Å². The van der Waals surface area contributed by atoms with Crippen LogP contribution in [0.25, 0.3) is 0 Å². The SMILES string of the molecule is FC(F)Oc1ccc(NC2CCOC3(CCC3)C2)cc1. The Bertz CT molecular complexity index is 446. The van der Waals surface area contributed by atoms with E-state index in [1.165, 1.54) is 6.42 Å². The second kappa shape index (κ2) is 5.56. The molecule has 20 heavy (non-hydrogen) atoms. The summed E-state index contributed by atoms with van der Waals surface area (Å²) in [6.07, 6.45) is 5.59. The van der Waals surface area contributed by atoms with Gasteiger partial charge < -0.3 is 14.8 Å². The van der Waals surface area contributed by atoms with Gasteiger partial charge in [-0.25, -0.2) is 0 Å². The Hall–Kier alpha value is -1.36. The van der Waals surface area contributed by atoms with Crippen LogP contribution in [0.5, 0.6) is 5.75 Å². The molecular formula is C15H19F2NO2. The molecule has 1 saturated carbocycles. The Morgan fingerprint density at radius 2 is 2.00 bits per heavy atom. The second-order valence-corrected chi connectivity index (χ2v) is 5.62. The third-order valence-corrected chi connectivity index (χ3v) is 4.21. The van der Waals surface area contributed by atoms with Crippen LogP contribution in [0.4, 0.5) is 14.5 Å². The normalized spacial score (nSPS) is 24.4. The van der Waals surface area contributed by atoms with Gasteiger partial charge in [-0.2, -0.15) is 8.78 Å². The van der Waals surface area contributed by atoms with Crippen LogP contribution in [0.15, 0.2) is 24.3 Å². The zero-order chi connectivity index (χ0) is 14.0. The van der Waals surface area contributed by atoms with Crippen LogP contribution in [-0.4, -0.2) is 24.9 Å². The molecule has 0 bridgehead atoms. The first-order chi connectivity index (χ1) is 9.65. The minimum absolute atomic E-state index is 0.106. The van der Waals surface area contributed by atoms with E-state index in [1.54, 1.807) is 24.3 Å². The van der Waals surface area contributed by atoms with Crippen molar-refractivity contribution in [3.8, 4) is 5.75 Å². The van der Waals surface area contributed by atoms with Crippen molar-refractivity contribution in [2.45, 2.75) is 50.4 Å². The lowest BCUT2D eigenvalue weighted by molar-refractivity contribution is -0.130. The fraction of sp³-hybridized carbons (Fsp3) is 0.600. The maximum absolute atomic E-state index is 12.1. The fourth-order valence-electron chi connectivity index (χ4n) is 3.04. The highest BCUT2D eigenvalue weighted by Gasteiger charge is 2.42. The molecule has 1 aliphatic carbocycles. The van der Waals surface area contributed by atoms with Crippen LogP contribution in [-0.2, 0) is 4.74 Å². The third-order valence-electron chi connectivity index (χ3n) is 4.21. The molecule has 2 aliphatic rings. The molecule has 3 nitrogen and oxygen atoms in total. The van der Waals surface area contributed by atoms with Gasteiger partial charge in [0.25, 0.3) is 0 Å². The summed E-state index contributed by atoms with van der Waals surface area (Å²) >= 11 is 0. The molecule has 110 valence electrons. The molecule has 1 aliphatic heterocycles. The van der Waals surface area contributed by atoms with E-state index in [0.717, 1.165) is 38.0 Å². The molecule has 0 amide bonds. The average molecular weight is 283 g/mol. The fourth-order valence-corrected chi connectivity index (χ4v) is 3.04. The number of alkyl halides is 2. The van der Waals surface area contributed by atoms with Crippen molar-refractivity contribution < 1.29 is 18.3 Å². The Labute approximate surface area is 117 Å². The van der Waals surface area contributed by atoms with E-state index in [4.69, 9.17) is 4.74 Å². The highest BCUT2D eigenvalue weighted by atomic mass is 19.3. The number of ether oxygens (including phenoxy) is 2. The molecule has 1 heterocycles. The first-order valence-corrected chi connectivity index (χ1v) is 7.11. The Morgan fingerprint density at radius 1 is 1.25 bits per heavy atom. The summed E-state index contributed by atoms with van der Waals surface area (Å²) in [7, 11) is 0. The predicted molar refractivity (Wildman–Crippen MR) is 72.3 cm³/mol. The van der Waals surface area contributed by atoms with Gasteiger partial charge in [-0.3, -0.25) is 0 Å². The number of benzene rings is 1. The summed E-state index contributed by atoms with van der Waals surface area (Å²) < 4.78 is 34.4. The minimum atomic E-state index is -2.78. The van der Waals surface area contributed by atoms with E-state index in [1.807, 2.05) is 0 Å². The average Bonchev–Trinajstić information content (AvgIpc) is 2.39. The zero-order valence-corrected chi connectivity index (χ0v) is 11.3. The summed E-state index contributed by atoms with van der Waals surface area (Å²) in [5, 5.41) is 3.46. The van der Waals surface area contributed by atoms with Gasteiger partial charge in [-0.1, -0.05) is 0 Å². The van der Waals surface area contributed by atoms with Gasteiger partial charge in [-0.15, -0.1) is 0 Å².